The minimum Gasteiger partial charge on any atom is -0.310 e. The average Bonchev–Trinajstić information content (AvgIpc) is 3.70. The van der Waals surface area contributed by atoms with E-state index in [0.29, 0.717) is 11.3 Å². The molecule has 0 atom stereocenters. The fourth-order valence-corrected chi connectivity index (χ4v) is 9.01. The second-order valence-electron chi connectivity index (χ2n) is 12.3. The summed E-state index contributed by atoms with van der Waals surface area (Å²) in [6.07, 6.45) is 0. The number of para-hydroxylation sites is 1. The molecule has 6 aromatic carbocycles. The van der Waals surface area contributed by atoms with Gasteiger partial charge in [0.25, 0.3) is 0 Å². The van der Waals surface area contributed by atoms with E-state index in [9.17, 15) is 5.26 Å². The van der Waals surface area contributed by atoms with Crippen LogP contribution in [0.3, 0.4) is 0 Å². The highest BCUT2D eigenvalue weighted by atomic mass is 32.1. The van der Waals surface area contributed by atoms with Gasteiger partial charge in [-0.05, 0) is 52.6 Å². The molecule has 0 radical (unpaired) electrons. The van der Waals surface area contributed by atoms with Crippen molar-refractivity contribution in [2.45, 2.75) is 19.3 Å². The predicted molar refractivity (Wildman–Crippen MR) is 188 cm³/mol. The topological polar surface area (TPSA) is 33.1 Å². The van der Waals surface area contributed by atoms with E-state index in [4.69, 9.17) is 6.57 Å². The Morgan fingerprint density at radius 3 is 2.27 bits per heavy atom. The first-order valence-corrected chi connectivity index (χ1v) is 15.9. The van der Waals surface area contributed by atoms with Crippen molar-refractivity contribution in [3.05, 3.63) is 143 Å². The van der Waals surface area contributed by atoms with Crippen LogP contribution < -0.4 is 0 Å². The number of hydrogen-bond acceptors (Lipinski definition) is 2. The molecule has 2 heterocycles. The Morgan fingerprint density at radius 2 is 1.40 bits per heavy atom. The first kappa shape index (κ1) is 25.8. The van der Waals surface area contributed by atoms with Gasteiger partial charge >= 0.3 is 0 Å². The van der Waals surface area contributed by atoms with Gasteiger partial charge in [0, 0.05) is 53.2 Å². The molecule has 8 aromatic rings. The Balaban J connectivity index is 1.39. The van der Waals surface area contributed by atoms with Gasteiger partial charge in [0.15, 0.2) is 5.69 Å². The van der Waals surface area contributed by atoms with Gasteiger partial charge in [-0.1, -0.05) is 98.8 Å². The zero-order valence-electron chi connectivity index (χ0n) is 24.7. The maximum Gasteiger partial charge on any atom is 0.197 e. The predicted octanol–water partition coefficient (Wildman–Crippen LogP) is 11.5. The second kappa shape index (κ2) is 9.16. The van der Waals surface area contributed by atoms with Crippen LogP contribution in [-0.4, -0.2) is 4.57 Å². The van der Waals surface area contributed by atoms with E-state index in [0.717, 1.165) is 38.6 Å². The summed E-state index contributed by atoms with van der Waals surface area (Å²) in [5, 5.41) is 14.2. The van der Waals surface area contributed by atoms with E-state index in [1.165, 1.54) is 42.4 Å². The second-order valence-corrected chi connectivity index (χ2v) is 13.3. The van der Waals surface area contributed by atoms with Crippen LogP contribution in [0, 0.1) is 17.9 Å². The summed E-state index contributed by atoms with van der Waals surface area (Å²) in [6.45, 7) is 12.9. The van der Waals surface area contributed by atoms with Crippen molar-refractivity contribution >= 4 is 59.0 Å². The molecule has 210 valence electrons. The van der Waals surface area contributed by atoms with Crippen molar-refractivity contribution in [3.8, 4) is 34.0 Å². The van der Waals surface area contributed by atoms with Crippen LogP contribution in [0.15, 0.2) is 115 Å². The molecule has 2 aromatic heterocycles. The molecule has 0 N–H and O–H groups in total. The Hall–Kier alpha value is -5.68. The summed E-state index contributed by atoms with van der Waals surface area (Å²) in [5.74, 6) is 0. The molecule has 1 aliphatic carbocycles. The van der Waals surface area contributed by atoms with E-state index in [2.05, 4.69) is 102 Å². The number of rotatable bonds is 2. The highest BCUT2D eigenvalue weighted by Crippen LogP contribution is 2.55. The molecule has 45 heavy (non-hydrogen) atoms. The molecule has 9 rings (SSSR count). The van der Waals surface area contributed by atoms with Crippen LogP contribution in [0.2, 0.25) is 0 Å². The third-order valence-electron chi connectivity index (χ3n) is 9.66. The lowest BCUT2D eigenvalue weighted by molar-refractivity contribution is 0.661. The summed E-state index contributed by atoms with van der Waals surface area (Å²) in [4.78, 5) is 4.07. The Bertz CT molecular complexity index is 2650. The van der Waals surface area contributed by atoms with Gasteiger partial charge in [-0.25, -0.2) is 4.85 Å². The van der Waals surface area contributed by atoms with E-state index < -0.39 is 0 Å². The standard InChI is InChI=1S/C41H25N3S/c1-41(2)31-14-6-4-11-28(31)37-32(41)20-19-27-26-12-8-13-29(39(26)45-40(27)37)38-33(43-3)15-9-17-36(38)44-34-16-7-5-10-25(34)30-22-24(23-42)18-21-35(30)44/h4-22H,1-2H3. The van der Waals surface area contributed by atoms with Crippen LogP contribution in [0.5, 0.6) is 0 Å². The van der Waals surface area contributed by atoms with Gasteiger partial charge in [-0.2, -0.15) is 5.26 Å². The minimum absolute atomic E-state index is 0.0645. The minimum atomic E-state index is -0.0645. The average molecular weight is 592 g/mol. The molecular formula is C41H25N3S. The Labute approximate surface area is 264 Å². The highest BCUT2D eigenvalue weighted by molar-refractivity contribution is 7.27. The summed E-state index contributed by atoms with van der Waals surface area (Å²) >= 11 is 1.84. The SMILES string of the molecule is [C-]#[N+]c1cccc(-n2c3ccccc3c3cc(C#N)ccc32)c1-c1cccc2c1sc1c3c(ccc12)C(C)(C)c1ccccc1-3. The lowest BCUT2D eigenvalue weighted by Gasteiger charge is -2.21. The monoisotopic (exact) mass is 591 g/mol. The summed E-state index contributed by atoms with van der Waals surface area (Å²) in [6, 6.07) is 42.5. The van der Waals surface area contributed by atoms with Crippen LogP contribution in [0.4, 0.5) is 5.69 Å². The van der Waals surface area contributed by atoms with Crippen LogP contribution in [0.25, 0.3) is 74.8 Å². The fraction of sp³-hybridized carbons (Fsp3) is 0.0732. The van der Waals surface area contributed by atoms with Crippen molar-refractivity contribution in [1.29, 1.82) is 5.26 Å². The highest BCUT2D eigenvalue weighted by Gasteiger charge is 2.37. The van der Waals surface area contributed by atoms with E-state index >= 15 is 0 Å². The lowest BCUT2D eigenvalue weighted by atomic mass is 9.82. The number of nitrogens with zero attached hydrogens (tertiary/aromatic N) is 3. The van der Waals surface area contributed by atoms with Gasteiger partial charge in [0.05, 0.1) is 29.2 Å². The van der Waals surface area contributed by atoms with Gasteiger partial charge in [-0.3, -0.25) is 0 Å². The van der Waals surface area contributed by atoms with Crippen LogP contribution in [-0.2, 0) is 5.41 Å². The summed E-state index contributed by atoms with van der Waals surface area (Å²) < 4.78 is 4.75. The Kier molecular flexibility index (Phi) is 5.25. The summed E-state index contributed by atoms with van der Waals surface area (Å²) in [5.41, 5.74) is 11.6. The molecule has 0 amide bonds. The van der Waals surface area contributed by atoms with Gasteiger partial charge < -0.3 is 4.57 Å². The first-order valence-electron chi connectivity index (χ1n) is 15.0. The molecule has 0 aliphatic heterocycles. The smallest absolute Gasteiger partial charge is 0.197 e. The molecule has 1 aliphatic rings. The molecule has 3 nitrogen and oxygen atoms in total. The van der Waals surface area contributed by atoms with Gasteiger partial charge in [0.1, 0.15) is 0 Å². The molecular weight excluding hydrogens is 567 g/mol. The van der Waals surface area contributed by atoms with E-state index in [1.807, 2.05) is 53.8 Å². The number of fused-ring (bicyclic) bond motifs is 10. The zero-order valence-corrected chi connectivity index (χ0v) is 25.5. The van der Waals surface area contributed by atoms with Crippen molar-refractivity contribution in [2.75, 3.05) is 0 Å². The molecule has 0 unspecified atom stereocenters. The zero-order chi connectivity index (χ0) is 30.4. The molecule has 0 bridgehead atoms. The van der Waals surface area contributed by atoms with E-state index in [1.54, 1.807) is 0 Å². The third kappa shape index (κ3) is 3.38. The number of hydrogen-bond donors (Lipinski definition) is 0. The van der Waals surface area contributed by atoms with Crippen LogP contribution >= 0.6 is 11.3 Å². The van der Waals surface area contributed by atoms with Crippen molar-refractivity contribution in [3.63, 3.8) is 0 Å². The van der Waals surface area contributed by atoms with Gasteiger partial charge in [0.2, 0.25) is 0 Å². The molecule has 0 saturated carbocycles. The summed E-state index contributed by atoms with van der Waals surface area (Å²) in [7, 11) is 0. The molecule has 0 spiro atoms. The van der Waals surface area contributed by atoms with E-state index in [-0.39, 0.29) is 5.41 Å². The number of aromatic nitrogens is 1. The molecule has 0 saturated heterocycles. The number of thiophene rings is 1. The maximum absolute atomic E-state index is 9.67. The van der Waals surface area contributed by atoms with Gasteiger partial charge in [-0.15, -0.1) is 11.3 Å². The fourth-order valence-electron chi connectivity index (χ4n) is 7.62. The van der Waals surface area contributed by atoms with Crippen molar-refractivity contribution in [1.82, 2.24) is 4.57 Å². The number of benzene rings is 6. The molecule has 4 heteroatoms. The third-order valence-corrected chi connectivity index (χ3v) is 10.9. The normalized spacial score (nSPS) is 13.2. The molecule has 0 fully saturated rings. The van der Waals surface area contributed by atoms with Crippen molar-refractivity contribution in [2.24, 2.45) is 0 Å². The Morgan fingerprint density at radius 1 is 0.667 bits per heavy atom. The number of nitriles is 1. The quantitative estimate of drug-likeness (QED) is 0.184. The van der Waals surface area contributed by atoms with Crippen molar-refractivity contribution < 1.29 is 0 Å². The lowest BCUT2D eigenvalue weighted by Crippen LogP contribution is -2.14. The first-order chi connectivity index (χ1) is 22.0. The largest absolute Gasteiger partial charge is 0.310 e. The maximum atomic E-state index is 9.67. The van der Waals surface area contributed by atoms with Crippen LogP contribution in [0.1, 0.15) is 30.5 Å².